The van der Waals surface area contributed by atoms with Crippen molar-refractivity contribution in [3.05, 3.63) is 71.9 Å². The maximum atomic E-state index is 15.4. The molecule has 1 aliphatic heterocycles. The molecule has 7 nitrogen and oxygen atoms in total. The zero-order chi connectivity index (χ0) is 26.1. The molecule has 0 aliphatic carbocycles. The van der Waals surface area contributed by atoms with Crippen molar-refractivity contribution in [3.8, 4) is 0 Å². The first-order chi connectivity index (χ1) is 17.0. The third-order valence-electron chi connectivity index (χ3n) is 6.16. The number of rotatable bonds is 5. The van der Waals surface area contributed by atoms with Gasteiger partial charge in [0.05, 0.1) is 5.52 Å². The molecule has 2 aromatic carbocycles. The molecule has 0 spiro atoms. The van der Waals surface area contributed by atoms with Gasteiger partial charge in [-0.2, -0.15) is 8.78 Å². The molecule has 3 aromatic rings. The van der Waals surface area contributed by atoms with E-state index in [0.717, 1.165) is 21.2 Å². The average Bonchev–Trinajstić information content (AvgIpc) is 3.23. The lowest BCUT2D eigenvalue weighted by atomic mass is 10.0. The Balaban J connectivity index is 1.51. The van der Waals surface area contributed by atoms with Crippen LogP contribution >= 0.6 is 0 Å². The number of benzene rings is 2. The molecule has 1 fully saturated rings. The number of hydrogen-bond donors (Lipinski definition) is 1. The number of nitrogens with zero attached hydrogens (tertiary/aromatic N) is 3. The summed E-state index contributed by atoms with van der Waals surface area (Å²) in [4.78, 5) is 28.8. The Morgan fingerprint density at radius 2 is 1.58 bits per heavy atom. The van der Waals surface area contributed by atoms with Crippen LogP contribution in [0.25, 0.3) is 10.9 Å². The zero-order valence-electron chi connectivity index (χ0n) is 20.7. The van der Waals surface area contributed by atoms with E-state index in [9.17, 15) is 14.7 Å². The van der Waals surface area contributed by atoms with Crippen molar-refractivity contribution in [1.29, 1.82) is 0 Å². The Labute approximate surface area is 208 Å². The van der Waals surface area contributed by atoms with Gasteiger partial charge in [-0.15, -0.1) is 0 Å². The molecular weight excluding hydrogens is 468 g/mol. The summed E-state index contributed by atoms with van der Waals surface area (Å²) >= 11 is 0. The molecule has 4 rings (SSSR count). The highest BCUT2D eigenvalue weighted by Gasteiger charge is 2.51. The summed E-state index contributed by atoms with van der Waals surface area (Å²) in [5.41, 5.74) is 0.402. The predicted molar refractivity (Wildman–Crippen MR) is 132 cm³/mol. The highest BCUT2D eigenvalue weighted by Crippen LogP contribution is 2.38. The summed E-state index contributed by atoms with van der Waals surface area (Å²) in [7, 11) is 0. The summed E-state index contributed by atoms with van der Waals surface area (Å²) in [5, 5.41) is 11.0. The van der Waals surface area contributed by atoms with Crippen LogP contribution in [0, 0.1) is 0 Å². The molecule has 0 radical (unpaired) electrons. The molecule has 1 N–H and O–H groups in total. The van der Waals surface area contributed by atoms with Crippen LogP contribution in [0.2, 0.25) is 0 Å². The number of ether oxygens (including phenoxy) is 1. The molecule has 36 heavy (non-hydrogen) atoms. The minimum absolute atomic E-state index is 0.133. The molecule has 1 unspecified atom stereocenters. The highest BCUT2D eigenvalue weighted by molar-refractivity contribution is 5.93. The Hall–Kier alpha value is -3.30. The minimum Gasteiger partial charge on any atom is -0.443 e. The van der Waals surface area contributed by atoms with E-state index in [1.54, 1.807) is 39.0 Å². The van der Waals surface area contributed by atoms with Gasteiger partial charge < -0.3 is 14.7 Å². The normalized spacial score (nSPS) is 16.2. The van der Waals surface area contributed by atoms with Crippen molar-refractivity contribution in [2.24, 2.45) is 0 Å². The molecule has 0 bridgehead atoms. The summed E-state index contributed by atoms with van der Waals surface area (Å²) in [6, 6.07) is 16.2. The summed E-state index contributed by atoms with van der Waals surface area (Å²) in [6.07, 6.45) is -2.06. The van der Waals surface area contributed by atoms with Gasteiger partial charge in [-0.3, -0.25) is 14.3 Å². The van der Waals surface area contributed by atoms with Gasteiger partial charge >= 0.3 is 12.0 Å². The van der Waals surface area contributed by atoms with Gasteiger partial charge in [-0.25, -0.2) is 4.79 Å². The lowest BCUT2D eigenvalue weighted by Gasteiger charge is -2.37. The number of piperazine rings is 1. The number of para-hydroxylation sites is 1. The second kappa shape index (κ2) is 9.99. The van der Waals surface area contributed by atoms with E-state index in [2.05, 4.69) is 4.90 Å². The molecule has 1 atom stereocenters. The average molecular weight is 500 g/mol. The smallest absolute Gasteiger partial charge is 0.419 e. The molecule has 1 aromatic heterocycles. The van der Waals surface area contributed by atoms with Gasteiger partial charge in [0.2, 0.25) is 0 Å². The Morgan fingerprint density at radius 1 is 0.972 bits per heavy atom. The van der Waals surface area contributed by atoms with Gasteiger partial charge in [0, 0.05) is 49.9 Å². The van der Waals surface area contributed by atoms with E-state index in [-0.39, 0.29) is 24.0 Å². The van der Waals surface area contributed by atoms with E-state index < -0.39 is 29.6 Å². The second-order valence-electron chi connectivity index (χ2n) is 10.0. The van der Waals surface area contributed by atoms with Crippen molar-refractivity contribution in [2.45, 2.75) is 44.9 Å². The fourth-order valence-electron chi connectivity index (χ4n) is 4.36. The van der Waals surface area contributed by atoms with Crippen LogP contribution in [-0.4, -0.2) is 69.2 Å². The third-order valence-corrected chi connectivity index (χ3v) is 6.16. The van der Waals surface area contributed by atoms with Crippen molar-refractivity contribution < 1.29 is 28.2 Å². The molecule has 192 valence electrons. The number of aliphatic hydroxyl groups excluding tert-OH is 1. The van der Waals surface area contributed by atoms with Gasteiger partial charge in [-0.1, -0.05) is 48.5 Å². The molecule has 0 saturated carbocycles. The number of carbonyl (C=O) groups is 2. The van der Waals surface area contributed by atoms with Gasteiger partial charge in [0.15, 0.2) is 6.10 Å². The van der Waals surface area contributed by atoms with E-state index in [1.165, 1.54) is 6.07 Å². The largest absolute Gasteiger partial charge is 0.443 e. The lowest BCUT2D eigenvalue weighted by molar-refractivity contribution is -0.177. The molecular formula is C27H31F2N3O4. The molecule has 1 amide bonds. The summed E-state index contributed by atoms with van der Waals surface area (Å²) in [5.74, 6) is -5.51. The van der Waals surface area contributed by atoms with Crippen LogP contribution in [0.3, 0.4) is 0 Å². The van der Waals surface area contributed by atoms with Crippen LogP contribution in [0.4, 0.5) is 13.6 Å². The van der Waals surface area contributed by atoms with Crippen LogP contribution in [-0.2, 0) is 16.1 Å². The topological polar surface area (TPSA) is 75.0 Å². The summed E-state index contributed by atoms with van der Waals surface area (Å²) < 4.78 is 37.2. The van der Waals surface area contributed by atoms with Gasteiger partial charge in [-0.05, 0) is 32.4 Å². The molecule has 9 heteroatoms. The number of halogens is 2. The predicted octanol–water partition coefficient (Wildman–Crippen LogP) is 4.44. The maximum absolute atomic E-state index is 15.4. The monoisotopic (exact) mass is 499 g/mol. The first-order valence-electron chi connectivity index (χ1n) is 11.9. The zero-order valence-corrected chi connectivity index (χ0v) is 20.7. The Morgan fingerprint density at radius 3 is 2.22 bits per heavy atom. The van der Waals surface area contributed by atoms with E-state index in [1.807, 2.05) is 30.3 Å². The van der Waals surface area contributed by atoms with Crippen molar-refractivity contribution in [2.75, 3.05) is 26.2 Å². The van der Waals surface area contributed by atoms with E-state index in [4.69, 9.17) is 4.74 Å². The number of fused-ring (bicyclic) bond motifs is 1. The third kappa shape index (κ3) is 5.42. The first-order valence-corrected chi connectivity index (χ1v) is 11.9. The summed E-state index contributed by atoms with van der Waals surface area (Å²) in [6.45, 7) is 6.92. The van der Waals surface area contributed by atoms with Crippen molar-refractivity contribution in [1.82, 2.24) is 14.4 Å². The number of aliphatic hydroxyl groups is 1. The highest BCUT2D eigenvalue weighted by atomic mass is 19.3. The standard InChI is InChI=1S/C27H31F2N3O4/c1-26(2,3)36-25(35)32-18-21(20-11-7-8-12-22(20)32)23(33)27(28,29)24(34)31-15-13-30(14-16-31)17-19-9-5-4-6-10-19/h4-12,18,23,33H,13-17H2,1-3H3. The number of alkyl halides is 2. The van der Waals surface area contributed by atoms with E-state index in [0.29, 0.717) is 25.2 Å². The number of carbonyl (C=O) groups excluding carboxylic acids is 2. The minimum atomic E-state index is -4.08. The molecule has 1 saturated heterocycles. The van der Waals surface area contributed by atoms with Gasteiger partial charge in [0.25, 0.3) is 5.91 Å². The molecule has 1 aliphatic rings. The SMILES string of the molecule is CC(C)(C)OC(=O)n1cc(C(O)C(F)(F)C(=O)N2CCN(Cc3ccccc3)CC2)c2ccccc21. The number of amides is 1. The van der Waals surface area contributed by atoms with Crippen LogP contribution in [0.15, 0.2) is 60.8 Å². The maximum Gasteiger partial charge on any atom is 0.419 e. The van der Waals surface area contributed by atoms with Crippen LogP contribution in [0.5, 0.6) is 0 Å². The van der Waals surface area contributed by atoms with Crippen molar-refractivity contribution >= 4 is 22.9 Å². The van der Waals surface area contributed by atoms with Gasteiger partial charge in [0.1, 0.15) is 5.60 Å². The fourth-order valence-corrected chi connectivity index (χ4v) is 4.36. The Bertz CT molecular complexity index is 1230. The van der Waals surface area contributed by atoms with Crippen LogP contribution in [0.1, 0.15) is 38.0 Å². The van der Waals surface area contributed by atoms with Crippen LogP contribution < -0.4 is 0 Å². The quantitative estimate of drug-likeness (QED) is 0.562. The second-order valence-corrected chi connectivity index (χ2v) is 10.0. The van der Waals surface area contributed by atoms with Crippen molar-refractivity contribution in [3.63, 3.8) is 0 Å². The Kier molecular flexibility index (Phi) is 7.15. The molecule has 2 heterocycles. The van der Waals surface area contributed by atoms with E-state index >= 15 is 8.78 Å². The number of hydrogen-bond acceptors (Lipinski definition) is 5. The first kappa shape index (κ1) is 25.8. The lowest BCUT2D eigenvalue weighted by Crippen LogP contribution is -2.54. The fraction of sp³-hybridized carbons (Fsp3) is 0.407. The number of aromatic nitrogens is 1.